The van der Waals surface area contributed by atoms with Crippen LogP contribution in [0.15, 0.2) is 16.6 Å². The lowest BCUT2D eigenvalue weighted by atomic mass is 9.80. The van der Waals surface area contributed by atoms with Crippen molar-refractivity contribution >= 4 is 15.9 Å². The molecule has 0 bridgehead atoms. The third-order valence-corrected chi connectivity index (χ3v) is 4.32. The molecule has 2 aliphatic rings. The first-order valence-corrected chi connectivity index (χ1v) is 6.00. The van der Waals surface area contributed by atoms with Crippen LogP contribution < -0.4 is 0 Å². The second-order valence-corrected chi connectivity index (χ2v) is 5.38. The Morgan fingerprint density at radius 1 is 1.21 bits per heavy atom. The molecule has 0 saturated heterocycles. The van der Waals surface area contributed by atoms with Gasteiger partial charge in [0.05, 0.1) is 4.47 Å². The van der Waals surface area contributed by atoms with Gasteiger partial charge in [-0.2, -0.15) is 0 Å². The molecular formula is C12H12BrF. The molecule has 0 amide bonds. The third-order valence-electron chi connectivity index (χ3n) is 3.70. The van der Waals surface area contributed by atoms with Crippen LogP contribution in [0.1, 0.15) is 36.8 Å². The van der Waals surface area contributed by atoms with E-state index in [9.17, 15) is 4.39 Å². The van der Waals surface area contributed by atoms with Crippen molar-refractivity contribution in [2.75, 3.05) is 0 Å². The van der Waals surface area contributed by atoms with E-state index in [1.165, 1.54) is 24.8 Å². The third kappa shape index (κ3) is 1.10. The van der Waals surface area contributed by atoms with Crippen molar-refractivity contribution in [1.29, 1.82) is 0 Å². The maximum absolute atomic E-state index is 13.8. The van der Waals surface area contributed by atoms with E-state index in [0.717, 1.165) is 18.4 Å². The minimum Gasteiger partial charge on any atom is -0.205 e. The van der Waals surface area contributed by atoms with Crippen LogP contribution in [0, 0.1) is 5.82 Å². The zero-order valence-electron chi connectivity index (χ0n) is 7.95. The van der Waals surface area contributed by atoms with E-state index in [1.54, 1.807) is 0 Å². The number of rotatable bonds is 0. The fourth-order valence-electron chi connectivity index (χ4n) is 2.74. The van der Waals surface area contributed by atoms with Gasteiger partial charge in [-0.1, -0.05) is 6.07 Å². The lowest BCUT2D eigenvalue weighted by Gasteiger charge is -2.25. The number of benzene rings is 1. The van der Waals surface area contributed by atoms with Crippen LogP contribution in [0.25, 0.3) is 0 Å². The molecule has 0 N–H and O–H groups in total. The summed E-state index contributed by atoms with van der Waals surface area (Å²) in [6, 6.07) is 3.98. The SMILES string of the molecule is Fc1c(Br)ccc2c1CCCC21CC1. The first kappa shape index (κ1) is 8.90. The maximum atomic E-state index is 13.8. The summed E-state index contributed by atoms with van der Waals surface area (Å²) < 4.78 is 14.4. The molecule has 14 heavy (non-hydrogen) atoms. The quantitative estimate of drug-likeness (QED) is 0.658. The van der Waals surface area contributed by atoms with Crippen LogP contribution in [-0.2, 0) is 11.8 Å². The highest BCUT2D eigenvalue weighted by atomic mass is 79.9. The van der Waals surface area contributed by atoms with Crippen LogP contribution in [0.4, 0.5) is 4.39 Å². The molecular weight excluding hydrogens is 243 g/mol. The van der Waals surface area contributed by atoms with E-state index in [-0.39, 0.29) is 5.82 Å². The fourth-order valence-corrected chi connectivity index (χ4v) is 3.11. The average molecular weight is 255 g/mol. The Labute approximate surface area is 91.6 Å². The minimum absolute atomic E-state index is 0.0199. The summed E-state index contributed by atoms with van der Waals surface area (Å²) >= 11 is 3.26. The van der Waals surface area contributed by atoms with Crippen molar-refractivity contribution in [3.05, 3.63) is 33.5 Å². The molecule has 3 rings (SSSR count). The van der Waals surface area contributed by atoms with Crippen molar-refractivity contribution in [2.45, 2.75) is 37.5 Å². The van der Waals surface area contributed by atoms with Crippen molar-refractivity contribution in [1.82, 2.24) is 0 Å². The normalized spacial score (nSPS) is 22.1. The molecule has 2 aliphatic carbocycles. The van der Waals surface area contributed by atoms with Crippen LogP contribution in [-0.4, -0.2) is 0 Å². The summed E-state index contributed by atoms with van der Waals surface area (Å²) in [6.45, 7) is 0. The lowest BCUT2D eigenvalue weighted by Crippen LogP contribution is -2.17. The van der Waals surface area contributed by atoms with E-state index in [2.05, 4.69) is 22.0 Å². The molecule has 0 atom stereocenters. The molecule has 1 fully saturated rings. The second kappa shape index (κ2) is 2.82. The molecule has 0 heterocycles. The van der Waals surface area contributed by atoms with Crippen molar-refractivity contribution < 1.29 is 4.39 Å². The molecule has 1 spiro atoms. The van der Waals surface area contributed by atoms with Gasteiger partial charge in [0.2, 0.25) is 0 Å². The highest BCUT2D eigenvalue weighted by Crippen LogP contribution is 2.55. The standard InChI is InChI=1S/C12H12BrF/c13-10-4-3-9-8(11(10)14)2-1-5-12(9)6-7-12/h3-4H,1-2,5-7H2. The van der Waals surface area contributed by atoms with Crippen LogP contribution in [0.3, 0.4) is 0 Å². The predicted octanol–water partition coefficient (Wildman–Crippen LogP) is 3.96. The van der Waals surface area contributed by atoms with E-state index >= 15 is 0 Å². The summed E-state index contributed by atoms with van der Waals surface area (Å²) in [7, 11) is 0. The lowest BCUT2D eigenvalue weighted by molar-refractivity contribution is 0.509. The Morgan fingerprint density at radius 3 is 2.71 bits per heavy atom. The van der Waals surface area contributed by atoms with E-state index in [1.807, 2.05) is 6.07 Å². The van der Waals surface area contributed by atoms with Gasteiger partial charge in [0.15, 0.2) is 0 Å². The Kier molecular flexibility index (Phi) is 1.79. The van der Waals surface area contributed by atoms with Gasteiger partial charge in [0, 0.05) is 0 Å². The molecule has 0 unspecified atom stereocenters. The largest absolute Gasteiger partial charge is 0.205 e. The van der Waals surface area contributed by atoms with Gasteiger partial charge in [-0.15, -0.1) is 0 Å². The van der Waals surface area contributed by atoms with Gasteiger partial charge < -0.3 is 0 Å². The zero-order valence-corrected chi connectivity index (χ0v) is 9.53. The van der Waals surface area contributed by atoms with Crippen molar-refractivity contribution in [2.24, 2.45) is 0 Å². The van der Waals surface area contributed by atoms with Crippen molar-refractivity contribution in [3.8, 4) is 0 Å². The van der Waals surface area contributed by atoms with Crippen molar-refractivity contribution in [3.63, 3.8) is 0 Å². The number of fused-ring (bicyclic) bond motifs is 2. The van der Waals surface area contributed by atoms with Gasteiger partial charge in [-0.05, 0) is 70.6 Å². The summed E-state index contributed by atoms with van der Waals surface area (Å²) in [4.78, 5) is 0. The molecule has 0 nitrogen and oxygen atoms in total. The van der Waals surface area contributed by atoms with Gasteiger partial charge in [0.25, 0.3) is 0 Å². The molecule has 0 aliphatic heterocycles. The molecule has 74 valence electrons. The van der Waals surface area contributed by atoms with Crippen LogP contribution >= 0.6 is 15.9 Å². The smallest absolute Gasteiger partial charge is 0.140 e. The molecule has 1 saturated carbocycles. The second-order valence-electron chi connectivity index (χ2n) is 4.52. The zero-order chi connectivity index (χ0) is 9.76. The summed E-state index contributed by atoms with van der Waals surface area (Å²) in [5, 5.41) is 0. The highest BCUT2D eigenvalue weighted by molar-refractivity contribution is 9.10. The minimum atomic E-state index is -0.0199. The molecule has 0 radical (unpaired) electrons. The maximum Gasteiger partial charge on any atom is 0.140 e. The number of halogens is 2. The molecule has 1 aromatic carbocycles. The molecule has 0 aromatic heterocycles. The Bertz CT molecular complexity index is 394. The number of hydrogen-bond donors (Lipinski definition) is 0. The van der Waals surface area contributed by atoms with Gasteiger partial charge in [-0.3, -0.25) is 0 Å². The highest BCUT2D eigenvalue weighted by Gasteiger charge is 2.47. The van der Waals surface area contributed by atoms with E-state index < -0.39 is 0 Å². The van der Waals surface area contributed by atoms with E-state index in [0.29, 0.717) is 9.89 Å². The average Bonchev–Trinajstić information content (AvgIpc) is 2.93. The van der Waals surface area contributed by atoms with Gasteiger partial charge in [0.1, 0.15) is 5.82 Å². The Hall–Kier alpha value is -0.370. The van der Waals surface area contributed by atoms with Crippen LogP contribution in [0.2, 0.25) is 0 Å². The summed E-state index contributed by atoms with van der Waals surface area (Å²) in [5.74, 6) is -0.0199. The molecule has 1 aromatic rings. The topological polar surface area (TPSA) is 0 Å². The van der Waals surface area contributed by atoms with Crippen LogP contribution in [0.5, 0.6) is 0 Å². The Balaban J connectivity index is 2.21. The summed E-state index contributed by atoms with van der Waals surface area (Å²) in [6.07, 6.45) is 5.87. The Morgan fingerprint density at radius 2 is 2.00 bits per heavy atom. The van der Waals surface area contributed by atoms with E-state index in [4.69, 9.17) is 0 Å². The van der Waals surface area contributed by atoms with Gasteiger partial charge >= 0.3 is 0 Å². The fraction of sp³-hybridized carbons (Fsp3) is 0.500. The first-order chi connectivity index (χ1) is 6.73. The van der Waals surface area contributed by atoms with Gasteiger partial charge in [-0.25, -0.2) is 4.39 Å². The number of hydrogen-bond acceptors (Lipinski definition) is 0. The summed E-state index contributed by atoms with van der Waals surface area (Å²) in [5.41, 5.74) is 2.65. The molecule has 2 heteroatoms. The first-order valence-electron chi connectivity index (χ1n) is 5.20. The predicted molar refractivity (Wildman–Crippen MR) is 58.0 cm³/mol. The monoisotopic (exact) mass is 254 g/mol.